The molecule has 0 unspecified atom stereocenters. The van der Waals surface area contributed by atoms with E-state index in [9.17, 15) is 5.11 Å². The van der Waals surface area contributed by atoms with Gasteiger partial charge in [-0.25, -0.2) is 4.98 Å². The molecule has 0 saturated heterocycles. The van der Waals surface area contributed by atoms with Crippen molar-refractivity contribution < 1.29 is 36.2 Å². The van der Waals surface area contributed by atoms with Gasteiger partial charge in [-0.2, -0.15) is 29.4 Å². The zero-order valence-corrected chi connectivity index (χ0v) is 22.3. The molecule has 2 heterocycles. The first-order chi connectivity index (χ1) is 14.6. The minimum atomic E-state index is 0. The molecule has 2 N–H and O–H groups in total. The number of phenols is 1. The molecule has 0 fully saturated rings. The van der Waals surface area contributed by atoms with Crippen LogP contribution in [0.4, 0.5) is 11.4 Å². The number of aryl methyl sites for hydroxylation is 2. The molecule has 3 aromatic carbocycles. The largest absolute Gasteiger partial charge is 2.00 e. The van der Waals surface area contributed by atoms with Gasteiger partial charge in [-0.15, -0.1) is 6.07 Å². The van der Waals surface area contributed by atoms with Gasteiger partial charge in [0.15, 0.2) is 0 Å². The molecule has 32 heavy (non-hydrogen) atoms. The molecule has 6 nitrogen and oxygen atoms in total. The van der Waals surface area contributed by atoms with Crippen molar-refractivity contribution in [3.8, 4) is 17.1 Å². The van der Waals surface area contributed by atoms with Gasteiger partial charge in [-0.3, -0.25) is 4.68 Å². The van der Waals surface area contributed by atoms with Crippen LogP contribution < -0.4 is 5.32 Å². The molecule has 5 rings (SSSR count). The number of benzene rings is 3. The summed E-state index contributed by atoms with van der Waals surface area (Å²) in [6.07, 6.45) is 3.56. The number of hydrogen-bond donors (Lipinski definition) is 2. The van der Waals surface area contributed by atoms with Crippen LogP contribution in [0.5, 0.6) is 5.75 Å². The summed E-state index contributed by atoms with van der Waals surface area (Å²) in [6.45, 7) is 3.97. The van der Waals surface area contributed by atoms with Crippen LogP contribution in [0.15, 0.2) is 73.2 Å². The number of imidazole rings is 1. The van der Waals surface area contributed by atoms with Crippen molar-refractivity contribution in [3.05, 3.63) is 98.1 Å². The van der Waals surface area contributed by atoms with E-state index in [1.54, 1.807) is 17.0 Å². The van der Waals surface area contributed by atoms with Gasteiger partial charge in [0.05, 0.1) is 23.4 Å². The molecule has 5 aromatic rings. The zero-order valence-electron chi connectivity index (χ0n) is 18.2. The second kappa shape index (κ2) is 9.64. The van der Waals surface area contributed by atoms with E-state index in [2.05, 4.69) is 29.4 Å². The van der Waals surface area contributed by atoms with Crippen LogP contribution in [0.3, 0.4) is 0 Å². The maximum atomic E-state index is 10.5. The molecular formula is C25H23N5OU. The molecule has 0 amide bonds. The Labute approximate surface area is 211 Å². The standard InChI is InChI=1S/C24H20N5O.CH3.U/c1-16-14-28(15-25-16)22-12-11-18(13-23(22)30)26-21-10-6-9-20-17(2)29(27-24(20)21)19-7-4-3-5-8-19;;/h3-4,6-15,26,30H,1-2H3;1H3;/q2*-1;+2. The second-order valence-electron chi connectivity index (χ2n) is 7.21. The average molecular weight is 648 g/mol. The molecule has 158 valence electrons. The fourth-order valence-electron chi connectivity index (χ4n) is 3.63. The molecule has 0 aliphatic heterocycles. The number of aromatic hydroxyl groups is 1. The van der Waals surface area contributed by atoms with E-state index < -0.39 is 0 Å². The molecular weight excluding hydrogens is 624 g/mol. The predicted molar refractivity (Wildman–Crippen MR) is 124 cm³/mol. The monoisotopic (exact) mass is 647 g/mol. The molecule has 2 aromatic heterocycles. The number of anilines is 2. The summed E-state index contributed by atoms with van der Waals surface area (Å²) < 4.78 is 3.73. The Morgan fingerprint density at radius 1 is 1.06 bits per heavy atom. The molecule has 0 aliphatic carbocycles. The van der Waals surface area contributed by atoms with Crippen LogP contribution in [0, 0.1) is 58.5 Å². The second-order valence-corrected chi connectivity index (χ2v) is 7.21. The zero-order chi connectivity index (χ0) is 20.7. The fourth-order valence-corrected chi connectivity index (χ4v) is 3.63. The number of nitrogens with one attached hydrogen (secondary N) is 1. The molecule has 0 spiro atoms. The van der Waals surface area contributed by atoms with Crippen LogP contribution in [-0.2, 0) is 0 Å². The molecule has 0 saturated carbocycles. The normalized spacial score (nSPS) is 10.4. The Hall–Kier alpha value is -3.01. The van der Waals surface area contributed by atoms with E-state index in [-0.39, 0.29) is 44.3 Å². The van der Waals surface area contributed by atoms with Gasteiger partial charge >= 0.3 is 31.1 Å². The predicted octanol–water partition coefficient (Wildman–Crippen LogP) is 5.53. The van der Waals surface area contributed by atoms with Crippen molar-refractivity contribution in [1.29, 1.82) is 0 Å². The Kier molecular flexibility index (Phi) is 7.13. The Morgan fingerprint density at radius 2 is 1.91 bits per heavy atom. The number of aromatic nitrogens is 4. The third-order valence-corrected chi connectivity index (χ3v) is 5.12. The van der Waals surface area contributed by atoms with E-state index in [0.717, 1.165) is 39.4 Å². The van der Waals surface area contributed by atoms with Crippen molar-refractivity contribution in [2.45, 2.75) is 13.8 Å². The topological polar surface area (TPSA) is 67.9 Å². The maximum absolute atomic E-state index is 10.5. The van der Waals surface area contributed by atoms with Crippen LogP contribution in [0.1, 0.15) is 11.4 Å². The van der Waals surface area contributed by atoms with Crippen LogP contribution >= 0.6 is 0 Å². The maximum Gasteiger partial charge on any atom is 2.00 e. The average Bonchev–Trinajstić information content (AvgIpc) is 3.33. The summed E-state index contributed by atoms with van der Waals surface area (Å²) in [6, 6.07) is 22.4. The number of hydrogen-bond acceptors (Lipinski definition) is 4. The van der Waals surface area contributed by atoms with Crippen LogP contribution in [0.2, 0.25) is 0 Å². The van der Waals surface area contributed by atoms with E-state index in [1.807, 2.05) is 66.3 Å². The van der Waals surface area contributed by atoms with Crippen LogP contribution in [0.25, 0.3) is 22.3 Å². The summed E-state index contributed by atoms with van der Waals surface area (Å²) in [7, 11) is 0. The third kappa shape index (κ3) is 4.32. The Balaban J connectivity index is 0.00000144. The number of fused-ring (bicyclic) bond motifs is 1. The SMILES string of the molecule is Cc1cn(-c2ccc(Nc3cccc4c(C)n(-c5c[c-]ccc5)nc34)cc2O)cn1.[CH3-].[U+2]. The summed E-state index contributed by atoms with van der Waals surface area (Å²) in [5.74, 6) is 0.172. The number of phenolic OH excluding ortho intramolecular Hbond substituents is 1. The Bertz CT molecular complexity index is 1360. The summed E-state index contributed by atoms with van der Waals surface area (Å²) in [5.41, 5.74) is 6.12. The third-order valence-electron chi connectivity index (χ3n) is 5.12. The molecule has 0 atom stereocenters. The number of rotatable bonds is 4. The van der Waals surface area contributed by atoms with E-state index in [4.69, 9.17) is 5.10 Å². The van der Waals surface area contributed by atoms with Gasteiger partial charge in [-0.1, -0.05) is 12.1 Å². The molecule has 0 bridgehead atoms. The first kappa shape index (κ1) is 23.7. The van der Waals surface area contributed by atoms with Crippen molar-refractivity contribution >= 4 is 22.3 Å². The van der Waals surface area contributed by atoms with E-state index in [1.165, 1.54) is 0 Å². The fraction of sp³-hybridized carbons (Fsp3) is 0.0800. The quantitative estimate of drug-likeness (QED) is 0.252. The van der Waals surface area contributed by atoms with E-state index >= 15 is 0 Å². The van der Waals surface area contributed by atoms with Crippen LogP contribution in [-0.4, -0.2) is 24.4 Å². The molecule has 7 heteroatoms. The van der Waals surface area contributed by atoms with Crippen molar-refractivity contribution in [2.24, 2.45) is 0 Å². The van der Waals surface area contributed by atoms with Gasteiger partial charge < -0.3 is 22.4 Å². The molecule has 0 radical (unpaired) electrons. The Morgan fingerprint density at radius 3 is 2.59 bits per heavy atom. The van der Waals surface area contributed by atoms with Gasteiger partial charge in [0.25, 0.3) is 0 Å². The van der Waals surface area contributed by atoms with Gasteiger partial charge in [0.1, 0.15) is 11.3 Å². The summed E-state index contributed by atoms with van der Waals surface area (Å²) in [5, 5.41) is 19.8. The summed E-state index contributed by atoms with van der Waals surface area (Å²) in [4.78, 5) is 4.22. The van der Waals surface area contributed by atoms with E-state index in [0.29, 0.717) is 5.69 Å². The summed E-state index contributed by atoms with van der Waals surface area (Å²) >= 11 is 0. The van der Waals surface area contributed by atoms with Crippen molar-refractivity contribution in [2.75, 3.05) is 5.32 Å². The first-order valence-corrected chi connectivity index (χ1v) is 9.66. The van der Waals surface area contributed by atoms with Gasteiger partial charge in [0.2, 0.25) is 0 Å². The smallest absolute Gasteiger partial charge is 0.506 e. The number of nitrogens with zero attached hydrogens (tertiary/aromatic N) is 4. The van der Waals surface area contributed by atoms with Crippen molar-refractivity contribution in [3.63, 3.8) is 0 Å². The van der Waals surface area contributed by atoms with Crippen molar-refractivity contribution in [1.82, 2.24) is 19.3 Å². The van der Waals surface area contributed by atoms with Gasteiger partial charge in [0, 0.05) is 29.0 Å². The van der Waals surface area contributed by atoms with Gasteiger partial charge in [-0.05, 0) is 37.7 Å². The minimum Gasteiger partial charge on any atom is -0.506 e. The first-order valence-electron chi connectivity index (χ1n) is 9.66. The minimum absolute atomic E-state index is 0. The molecule has 0 aliphatic rings.